The molecule has 0 bridgehead atoms. The molecule has 0 saturated carbocycles. The Kier molecular flexibility index (Phi) is 7.31. The van der Waals surface area contributed by atoms with Crippen molar-refractivity contribution in [3.05, 3.63) is 61.9 Å². The number of benzene rings is 1. The van der Waals surface area contributed by atoms with Crippen LogP contribution in [0.25, 0.3) is 0 Å². The van der Waals surface area contributed by atoms with Gasteiger partial charge in [0.05, 0.1) is 30.8 Å². The number of aliphatic hydroxyl groups is 1. The fourth-order valence-electron chi connectivity index (χ4n) is 3.00. The van der Waals surface area contributed by atoms with Crippen molar-refractivity contribution in [1.29, 1.82) is 5.26 Å². The zero-order chi connectivity index (χ0) is 21.7. The summed E-state index contributed by atoms with van der Waals surface area (Å²) in [4.78, 5) is 21.8. The lowest BCUT2D eigenvalue weighted by Gasteiger charge is -2.28. The summed E-state index contributed by atoms with van der Waals surface area (Å²) in [6.07, 6.45) is 1.71. The van der Waals surface area contributed by atoms with E-state index in [1.807, 2.05) is 6.07 Å². The highest BCUT2D eigenvalue weighted by Gasteiger charge is 2.34. The van der Waals surface area contributed by atoms with Gasteiger partial charge in [-0.1, -0.05) is 22.0 Å². The third kappa shape index (κ3) is 4.75. The molecule has 1 aromatic carbocycles. The van der Waals surface area contributed by atoms with E-state index >= 15 is 0 Å². The van der Waals surface area contributed by atoms with Crippen LogP contribution in [0.1, 0.15) is 30.0 Å². The van der Waals surface area contributed by atoms with Crippen LogP contribution in [0.4, 0.5) is 4.39 Å². The number of carbonyl (C=O) groups is 1. The molecular formula is C20H18BrFN4O3S. The summed E-state index contributed by atoms with van der Waals surface area (Å²) < 4.78 is 19.4. The summed E-state index contributed by atoms with van der Waals surface area (Å²) in [5.74, 6) is -1.35. The van der Waals surface area contributed by atoms with Crippen molar-refractivity contribution in [3.63, 3.8) is 0 Å². The Morgan fingerprint density at radius 3 is 2.93 bits per heavy atom. The van der Waals surface area contributed by atoms with E-state index in [1.165, 1.54) is 23.5 Å². The largest absolute Gasteiger partial charge is 0.463 e. The van der Waals surface area contributed by atoms with Crippen LogP contribution in [0.2, 0.25) is 0 Å². The first kappa shape index (κ1) is 22.1. The Morgan fingerprint density at radius 2 is 2.33 bits per heavy atom. The number of rotatable bonds is 7. The fourth-order valence-corrected chi connectivity index (χ4v) is 4.16. The van der Waals surface area contributed by atoms with Crippen LogP contribution >= 0.6 is 27.3 Å². The number of hydrogen-bond acceptors (Lipinski definition) is 8. The van der Waals surface area contributed by atoms with Crippen LogP contribution in [0.15, 0.2) is 50.5 Å². The van der Waals surface area contributed by atoms with Crippen molar-refractivity contribution < 1.29 is 19.0 Å². The predicted molar refractivity (Wildman–Crippen MR) is 113 cm³/mol. The van der Waals surface area contributed by atoms with E-state index < -0.39 is 23.7 Å². The molecule has 156 valence electrons. The van der Waals surface area contributed by atoms with Crippen molar-refractivity contribution in [2.75, 3.05) is 13.2 Å². The van der Waals surface area contributed by atoms with Crippen LogP contribution in [-0.2, 0) is 9.53 Å². The number of allylic oxidation sites excluding steroid dienone is 1. The van der Waals surface area contributed by atoms with Gasteiger partial charge in [0.25, 0.3) is 0 Å². The second-order valence-electron chi connectivity index (χ2n) is 6.33. The zero-order valence-corrected chi connectivity index (χ0v) is 18.3. The predicted octanol–water partition coefficient (Wildman–Crippen LogP) is 3.48. The first-order valence-corrected chi connectivity index (χ1v) is 10.8. The Balaban J connectivity index is 2.18. The number of nitrogens with zero attached hydrogens (tertiary/aromatic N) is 3. The lowest BCUT2D eigenvalue weighted by molar-refractivity contribution is -0.139. The highest BCUT2D eigenvalue weighted by Crippen LogP contribution is 2.38. The molecule has 1 aliphatic rings. The molecule has 0 saturated heterocycles. The lowest BCUT2D eigenvalue weighted by atomic mass is 9.92. The number of nitriles is 1. The molecule has 7 nitrogen and oxygen atoms in total. The topological polar surface area (TPSA) is 108 Å². The van der Waals surface area contributed by atoms with Crippen LogP contribution in [-0.4, -0.2) is 35.1 Å². The van der Waals surface area contributed by atoms with Gasteiger partial charge in [0.2, 0.25) is 0 Å². The molecule has 10 heteroatoms. The number of amidine groups is 1. The van der Waals surface area contributed by atoms with Crippen molar-refractivity contribution >= 4 is 39.1 Å². The number of halogens is 2. The maximum absolute atomic E-state index is 13.7. The number of aliphatic imine (C=N–C) groups is 1. The highest BCUT2D eigenvalue weighted by molar-refractivity contribution is 9.10. The van der Waals surface area contributed by atoms with Gasteiger partial charge in [0.15, 0.2) is 10.8 Å². The second-order valence-corrected chi connectivity index (χ2v) is 8.08. The number of ether oxygens (including phenoxy) is 1. The molecule has 0 fully saturated rings. The Morgan fingerprint density at radius 1 is 1.53 bits per heavy atom. The SMILES string of the molecule is CCOC(=O)C1=C(CC(C#N)CO)NC(c2nccs2)=NC1c1ccc(F)cc1Br. The monoisotopic (exact) mass is 492 g/mol. The van der Waals surface area contributed by atoms with E-state index in [1.54, 1.807) is 24.6 Å². The van der Waals surface area contributed by atoms with E-state index in [4.69, 9.17) is 4.74 Å². The highest BCUT2D eigenvalue weighted by atomic mass is 79.9. The Labute approximate surface area is 185 Å². The van der Waals surface area contributed by atoms with Gasteiger partial charge in [-0.2, -0.15) is 5.26 Å². The number of nitrogens with one attached hydrogen (secondary N) is 1. The molecule has 1 aliphatic heterocycles. The van der Waals surface area contributed by atoms with Crippen molar-refractivity contribution in [2.45, 2.75) is 19.4 Å². The summed E-state index contributed by atoms with van der Waals surface area (Å²) in [6.45, 7) is 1.47. The fraction of sp³-hybridized carbons (Fsp3) is 0.300. The molecule has 2 unspecified atom stereocenters. The van der Waals surface area contributed by atoms with Crippen LogP contribution in [0.3, 0.4) is 0 Å². The maximum Gasteiger partial charge on any atom is 0.338 e. The van der Waals surface area contributed by atoms with E-state index in [-0.39, 0.29) is 25.2 Å². The molecule has 2 aromatic rings. The molecule has 1 aromatic heterocycles. The van der Waals surface area contributed by atoms with E-state index in [9.17, 15) is 19.6 Å². The van der Waals surface area contributed by atoms with Gasteiger partial charge in [-0.15, -0.1) is 11.3 Å². The maximum atomic E-state index is 13.7. The summed E-state index contributed by atoms with van der Waals surface area (Å²) in [7, 11) is 0. The molecule has 30 heavy (non-hydrogen) atoms. The number of hydrogen-bond donors (Lipinski definition) is 2. The van der Waals surface area contributed by atoms with Gasteiger partial charge < -0.3 is 15.2 Å². The Bertz CT molecular complexity index is 1030. The van der Waals surface area contributed by atoms with E-state index in [0.717, 1.165) is 0 Å². The molecule has 0 amide bonds. The normalized spacial score (nSPS) is 17.0. The van der Waals surface area contributed by atoms with Gasteiger partial charge >= 0.3 is 5.97 Å². The third-order valence-electron chi connectivity index (χ3n) is 4.37. The number of thiazole rings is 1. The Hall–Kier alpha value is -2.61. The van der Waals surface area contributed by atoms with Gasteiger partial charge in [0.1, 0.15) is 11.9 Å². The quantitative estimate of drug-likeness (QED) is 0.572. The van der Waals surface area contributed by atoms with Crippen LogP contribution < -0.4 is 5.32 Å². The molecule has 2 N–H and O–H groups in total. The number of aliphatic hydroxyl groups excluding tert-OH is 1. The lowest BCUT2D eigenvalue weighted by Crippen LogP contribution is -2.35. The number of esters is 1. The summed E-state index contributed by atoms with van der Waals surface area (Å²) >= 11 is 4.71. The minimum Gasteiger partial charge on any atom is -0.463 e. The van der Waals surface area contributed by atoms with Gasteiger partial charge in [-0.3, -0.25) is 4.99 Å². The first-order valence-electron chi connectivity index (χ1n) is 9.08. The minimum absolute atomic E-state index is 0.0842. The molecule has 2 atom stereocenters. The molecule has 0 aliphatic carbocycles. The van der Waals surface area contributed by atoms with E-state index in [0.29, 0.717) is 26.6 Å². The summed E-state index contributed by atoms with van der Waals surface area (Å²) in [6, 6.07) is 5.34. The summed E-state index contributed by atoms with van der Waals surface area (Å²) in [5, 5.41) is 24.3. The number of aromatic nitrogens is 1. The number of carbonyl (C=O) groups excluding carboxylic acids is 1. The van der Waals surface area contributed by atoms with Gasteiger partial charge in [-0.25, -0.2) is 14.2 Å². The summed E-state index contributed by atoms with van der Waals surface area (Å²) in [5.41, 5.74) is 1.18. The smallest absolute Gasteiger partial charge is 0.338 e. The molecule has 0 radical (unpaired) electrons. The van der Waals surface area contributed by atoms with Gasteiger partial charge in [-0.05, 0) is 24.6 Å². The second kappa shape index (κ2) is 9.93. The average Bonchev–Trinajstić information content (AvgIpc) is 3.26. The van der Waals surface area contributed by atoms with Crippen LogP contribution in [0.5, 0.6) is 0 Å². The molecule has 2 heterocycles. The molecular weight excluding hydrogens is 475 g/mol. The third-order valence-corrected chi connectivity index (χ3v) is 5.83. The van der Waals surface area contributed by atoms with E-state index in [2.05, 4.69) is 31.2 Å². The van der Waals surface area contributed by atoms with Crippen molar-refractivity contribution in [1.82, 2.24) is 10.3 Å². The van der Waals surface area contributed by atoms with Crippen LogP contribution in [0, 0.1) is 23.1 Å². The zero-order valence-electron chi connectivity index (χ0n) is 15.9. The van der Waals surface area contributed by atoms with Crippen molar-refractivity contribution in [3.8, 4) is 6.07 Å². The molecule has 0 spiro atoms. The standard InChI is InChI=1S/C20H18BrFN4O3S/c1-2-29-20(28)16-15(7-11(9-23)10-27)25-18(19-24-5-6-30-19)26-17(16)13-4-3-12(22)8-14(13)21/h3-6,8,11,17,27H,2,7,10H2,1H3,(H,25,26). The van der Waals surface area contributed by atoms with Gasteiger partial charge in [0, 0.05) is 28.2 Å². The molecule has 3 rings (SSSR count). The van der Waals surface area contributed by atoms with Crippen molar-refractivity contribution in [2.24, 2.45) is 10.9 Å². The minimum atomic E-state index is -0.813. The first-order chi connectivity index (χ1) is 14.5. The average molecular weight is 493 g/mol.